The molecule has 6 aromatic rings. The van der Waals surface area contributed by atoms with Gasteiger partial charge in [0.15, 0.2) is 0 Å². The maximum atomic E-state index is 2.71. The minimum absolute atomic E-state index is 0.0423. The van der Waals surface area contributed by atoms with Crippen LogP contribution >= 0.6 is 0 Å². The van der Waals surface area contributed by atoms with Crippen LogP contribution in [0.5, 0.6) is 0 Å². The molecule has 2 aliphatic rings. The third-order valence-corrected chi connectivity index (χ3v) is 19.8. The first-order valence-corrected chi connectivity index (χ1v) is 20.4. The van der Waals surface area contributed by atoms with Crippen molar-refractivity contribution in [2.75, 3.05) is 4.90 Å². The van der Waals surface area contributed by atoms with Gasteiger partial charge in [-0.15, -0.1) is 0 Å². The van der Waals surface area contributed by atoms with Crippen LogP contribution in [0.3, 0.4) is 0 Å². The van der Waals surface area contributed by atoms with E-state index in [1.165, 1.54) is 80.5 Å². The third kappa shape index (κ3) is 4.37. The second-order valence-corrected chi connectivity index (χ2v) is 23.0. The number of para-hydroxylation sites is 2. The van der Waals surface area contributed by atoms with E-state index in [-0.39, 0.29) is 21.0 Å². The van der Waals surface area contributed by atoms with Crippen LogP contribution in [0.2, 0.25) is 10.1 Å². The highest BCUT2D eigenvalue weighted by molar-refractivity contribution is 7.06. The second kappa shape index (κ2) is 11.0. The zero-order valence-electron chi connectivity index (χ0n) is 30.8. The lowest BCUT2D eigenvalue weighted by molar-refractivity contribution is 0.195. The Kier molecular flexibility index (Phi) is 7.19. The Morgan fingerprint density at radius 2 is 1.18 bits per heavy atom. The summed E-state index contributed by atoms with van der Waals surface area (Å²) in [5, 5.41) is 5.83. The van der Waals surface area contributed by atoms with Crippen LogP contribution in [0.1, 0.15) is 86.6 Å². The Labute approximate surface area is 294 Å². The minimum Gasteiger partial charge on any atom is -0.334 e. The maximum Gasteiger partial charge on any atom is 0.128 e. The van der Waals surface area contributed by atoms with Crippen molar-refractivity contribution in [3.05, 3.63) is 127 Å². The standard InChI is InChI=1S/C46H52N2Si/c1-43(2,3)49(44(4,5)6,35-20-10-9-11-21-35)36-22-18-19-33(31-36)47-40-25-14-12-23-37(40)38-32-34(27-28-41(38)47)48-42-26-15-13-24-39(42)45(7)29-16-17-30-46(45,48)8/h9-15,18-28,31-32H,16-17,29-30H2,1-8H3. The number of anilines is 2. The highest BCUT2D eigenvalue weighted by Gasteiger charge is 2.58. The molecule has 0 spiro atoms. The summed E-state index contributed by atoms with van der Waals surface area (Å²) < 4.78 is 2.53. The molecule has 1 aromatic heterocycles. The molecule has 3 heteroatoms. The molecule has 0 bridgehead atoms. The molecule has 1 saturated carbocycles. The largest absolute Gasteiger partial charge is 0.334 e. The van der Waals surface area contributed by atoms with Crippen molar-refractivity contribution in [1.82, 2.24) is 4.57 Å². The molecule has 0 amide bonds. The molecule has 1 fully saturated rings. The van der Waals surface area contributed by atoms with Gasteiger partial charge in [-0.1, -0.05) is 151 Å². The molecule has 1 aliphatic carbocycles. The van der Waals surface area contributed by atoms with Crippen LogP contribution in [-0.4, -0.2) is 18.2 Å². The predicted molar refractivity (Wildman–Crippen MR) is 214 cm³/mol. The van der Waals surface area contributed by atoms with Crippen molar-refractivity contribution in [3.63, 3.8) is 0 Å². The molecule has 1 aliphatic heterocycles. The van der Waals surface area contributed by atoms with Crippen LogP contribution in [-0.2, 0) is 5.41 Å². The van der Waals surface area contributed by atoms with Gasteiger partial charge in [0.2, 0.25) is 0 Å². The van der Waals surface area contributed by atoms with Gasteiger partial charge in [0.1, 0.15) is 8.07 Å². The van der Waals surface area contributed by atoms with Gasteiger partial charge in [0.05, 0.1) is 16.6 Å². The lowest BCUT2D eigenvalue weighted by atomic mass is 9.61. The Bertz CT molecular complexity index is 2180. The van der Waals surface area contributed by atoms with Gasteiger partial charge in [-0.3, -0.25) is 0 Å². The van der Waals surface area contributed by atoms with E-state index in [1.807, 2.05) is 0 Å². The summed E-state index contributed by atoms with van der Waals surface area (Å²) in [6.07, 6.45) is 5.04. The molecule has 2 heterocycles. The fraction of sp³-hybridized carbons (Fsp3) is 0.348. The van der Waals surface area contributed by atoms with E-state index in [9.17, 15) is 0 Å². The van der Waals surface area contributed by atoms with E-state index in [0.29, 0.717) is 0 Å². The van der Waals surface area contributed by atoms with E-state index in [4.69, 9.17) is 0 Å². The van der Waals surface area contributed by atoms with Gasteiger partial charge in [0.25, 0.3) is 0 Å². The first-order valence-electron chi connectivity index (χ1n) is 18.4. The van der Waals surface area contributed by atoms with E-state index in [0.717, 1.165) is 0 Å². The molecule has 2 unspecified atom stereocenters. The molecule has 0 radical (unpaired) electrons. The fourth-order valence-corrected chi connectivity index (χ4v) is 18.5. The summed E-state index contributed by atoms with van der Waals surface area (Å²) in [7, 11) is -2.34. The van der Waals surface area contributed by atoms with E-state index in [1.54, 1.807) is 0 Å². The molecule has 5 aromatic carbocycles. The average Bonchev–Trinajstić information content (AvgIpc) is 3.50. The number of nitrogens with zero attached hydrogens (tertiary/aromatic N) is 2. The Morgan fingerprint density at radius 3 is 1.94 bits per heavy atom. The molecule has 250 valence electrons. The molecular weight excluding hydrogens is 609 g/mol. The van der Waals surface area contributed by atoms with Gasteiger partial charge in [-0.05, 0) is 77.9 Å². The number of aromatic nitrogens is 1. The van der Waals surface area contributed by atoms with Gasteiger partial charge >= 0.3 is 0 Å². The summed E-state index contributed by atoms with van der Waals surface area (Å²) in [5.41, 5.74) is 8.17. The third-order valence-electron chi connectivity index (χ3n) is 12.9. The first-order chi connectivity index (χ1) is 23.3. The Hall–Kier alpha value is -4.08. The van der Waals surface area contributed by atoms with E-state index in [2.05, 4.69) is 186 Å². The summed E-state index contributed by atoms with van der Waals surface area (Å²) >= 11 is 0. The number of rotatable bonds is 4. The lowest BCUT2D eigenvalue weighted by Gasteiger charge is -2.53. The summed E-state index contributed by atoms with van der Waals surface area (Å²) in [6.45, 7) is 19.9. The highest BCUT2D eigenvalue weighted by atomic mass is 28.3. The lowest BCUT2D eigenvalue weighted by Crippen LogP contribution is -2.69. The normalized spacial score (nSPS) is 21.3. The predicted octanol–water partition coefficient (Wildman–Crippen LogP) is 11.7. The van der Waals surface area contributed by atoms with Crippen molar-refractivity contribution in [2.45, 2.75) is 102 Å². The Morgan fingerprint density at radius 1 is 0.551 bits per heavy atom. The van der Waals surface area contributed by atoms with Gasteiger partial charge in [-0.2, -0.15) is 0 Å². The molecule has 2 nitrogen and oxygen atoms in total. The van der Waals surface area contributed by atoms with E-state index < -0.39 is 8.07 Å². The highest BCUT2D eigenvalue weighted by Crippen LogP contribution is 2.61. The number of benzene rings is 5. The minimum atomic E-state index is -2.34. The van der Waals surface area contributed by atoms with Crippen molar-refractivity contribution < 1.29 is 0 Å². The van der Waals surface area contributed by atoms with Crippen LogP contribution in [0.15, 0.2) is 121 Å². The zero-order valence-corrected chi connectivity index (χ0v) is 31.8. The molecule has 49 heavy (non-hydrogen) atoms. The smallest absolute Gasteiger partial charge is 0.128 e. The van der Waals surface area contributed by atoms with Gasteiger partial charge in [0, 0.05) is 33.2 Å². The summed E-state index contributed by atoms with van der Waals surface area (Å²) in [4.78, 5) is 2.71. The SMILES string of the molecule is CC12CCCCC1(C)N(c1ccc3c(c1)c1ccccc1n3-c1cccc([Si](c3ccccc3)(C(C)(C)C)C(C)(C)C)c1)c1ccccc12. The van der Waals surface area contributed by atoms with Gasteiger partial charge in [-0.25, -0.2) is 0 Å². The number of hydrogen-bond acceptors (Lipinski definition) is 1. The summed E-state index contributed by atoms with van der Waals surface area (Å²) in [6, 6.07) is 46.6. The number of hydrogen-bond donors (Lipinski definition) is 0. The van der Waals surface area contributed by atoms with Crippen molar-refractivity contribution >= 4 is 51.6 Å². The van der Waals surface area contributed by atoms with Crippen molar-refractivity contribution in [1.29, 1.82) is 0 Å². The zero-order chi connectivity index (χ0) is 34.4. The summed E-state index contributed by atoms with van der Waals surface area (Å²) in [5.74, 6) is 0. The topological polar surface area (TPSA) is 8.17 Å². The molecule has 8 rings (SSSR count). The maximum absolute atomic E-state index is 2.71. The quantitative estimate of drug-likeness (QED) is 0.171. The molecular formula is C46H52N2Si. The van der Waals surface area contributed by atoms with Crippen LogP contribution in [0, 0.1) is 0 Å². The first kappa shape index (κ1) is 32.1. The van der Waals surface area contributed by atoms with E-state index >= 15 is 0 Å². The Balaban J connectivity index is 1.35. The number of fused-ring (bicyclic) bond motifs is 6. The average molecular weight is 661 g/mol. The van der Waals surface area contributed by atoms with Crippen LogP contribution < -0.4 is 15.3 Å². The van der Waals surface area contributed by atoms with Crippen LogP contribution in [0.25, 0.3) is 27.5 Å². The molecule has 2 atom stereocenters. The van der Waals surface area contributed by atoms with Crippen LogP contribution in [0.4, 0.5) is 11.4 Å². The second-order valence-electron chi connectivity index (χ2n) is 17.4. The van der Waals surface area contributed by atoms with Crippen molar-refractivity contribution in [2.24, 2.45) is 0 Å². The molecule has 0 N–H and O–H groups in total. The van der Waals surface area contributed by atoms with Gasteiger partial charge < -0.3 is 9.47 Å². The fourth-order valence-electron chi connectivity index (χ4n) is 11.1. The van der Waals surface area contributed by atoms with Crippen molar-refractivity contribution in [3.8, 4) is 5.69 Å². The monoisotopic (exact) mass is 660 g/mol. The molecule has 0 saturated heterocycles.